The number of nitrogens with zero attached hydrogens (tertiary/aromatic N) is 3. The molecular formula is C13H14ClN5O2. The average Bonchev–Trinajstić information content (AvgIpc) is 2.46. The topological polar surface area (TPSA) is 92.3 Å². The Bertz CT molecular complexity index is 714. The lowest BCUT2D eigenvalue weighted by atomic mass is 10.2. The molecule has 0 spiro atoms. The van der Waals surface area contributed by atoms with Crippen molar-refractivity contribution in [1.82, 2.24) is 15.2 Å². The molecule has 0 aliphatic rings. The number of aryl methyl sites for hydroxylation is 1. The summed E-state index contributed by atoms with van der Waals surface area (Å²) in [6.45, 7) is 4.14. The molecule has 0 saturated carbocycles. The third kappa shape index (κ3) is 4.03. The number of nitrogens with one attached hydrogen (secondary N) is 2. The minimum Gasteiger partial charge on any atom is -0.492 e. The predicted molar refractivity (Wildman–Crippen MR) is 81.2 cm³/mol. The molecule has 0 fully saturated rings. The van der Waals surface area contributed by atoms with E-state index < -0.39 is 5.69 Å². The van der Waals surface area contributed by atoms with E-state index in [1.165, 1.54) is 0 Å². The fourth-order valence-electron chi connectivity index (χ4n) is 1.54. The summed E-state index contributed by atoms with van der Waals surface area (Å²) in [5.41, 5.74) is 3.45. The number of rotatable bonds is 5. The molecule has 0 amide bonds. The van der Waals surface area contributed by atoms with Crippen molar-refractivity contribution in [3.8, 4) is 5.75 Å². The minimum atomic E-state index is -0.539. The molecule has 21 heavy (non-hydrogen) atoms. The lowest BCUT2D eigenvalue weighted by molar-refractivity contribution is 0.340. The summed E-state index contributed by atoms with van der Waals surface area (Å²) in [5, 5.41) is 10.5. The Morgan fingerprint density at radius 3 is 3.05 bits per heavy atom. The normalized spacial score (nSPS) is 10.8. The summed E-state index contributed by atoms with van der Waals surface area (Å²) >= 11 is 6.08. The molecule has 1 aromatic carbocycles. The van der Waals surface area contributed by atoms with Crippen LogP contribution in [0.5, 0.6) is 5.75 Å². The summed E-state index contributed by atoms with van der Waals surface area (Å²) in [6.07, 6.45) is 1.56. The van der Waals surface area contributed by atoms with E-state index in [0.29, 0.717) is 28.9 Å². The number of aromatic amines is 1. The van der Waals surface area contributed by atoms with Gasteiger partial charge in [0.2, 0.25) is 0 Å². The zero-order chi connectivity index (χ0) is 15.2. The second kappa shape index (κ2) is 6.85. The molecule has 0 radical (unpaired) electrons. The lowest BCUT2D eigenvalue weighted by Crippen LogP contribution is -2.15. The highest BCUT2D eigenvalue weighted by Crippen LogP contribution is 2.24. The van der Waals surface area contributed by atoms with Crippen LogP contribution in [0.3, 0.4) is 0 Å². The van der Waals surface area contributed by atoms with Crippen LogP contribution >= 0.6 is 11.6 Å². The molecule has 0 atom stereocenters. The van der Waals surface area contributed by atoms with E-state index in [1.54, 1.807) is 25.3 Å². The molecule has 2 rings (SSSR count). The van der Waals surface area contributed by atoms with E-state index in [9.17, 15) is 4.79 Å². The van der Waals surface area contributed by atoms with Gasteiger partial charge >= 0.3 is 5.69 Å². The fourth-order valence-corrected chi connectivity index (χ4v) is 1.78. The molecule has 2 aromatic rings. The van der Waals surface area contributed by atoms with Crippen LogP contribution in [0.1, 0.15) is 18.2 Å². The molecule has 8 heteroatoms. The van der Waals surface area contributed by atoms with Gasteiger partial charge in [0.1, 0.15) is 11.4 Å². The molecule has 1 aromatic heterocycles. The Hall–Kier alpha value is -2.41. The van der Waals surface area contributed by atoms with Crippen molar-refractivity contribution in [2.24, 2.45) is 5.10 Å². The smallest absolute Gasteiger partial charge is 0.363 e. The van der Waals surface area contributed by atoms with E-state index >= 15 is 0 Å². The van der Waals surface area contributed by atoms with Gasteiger partial charge in [-0.25, -0.2) is 9.89 Å². The predicted octanol–water partition coefficient (Wildman–Crippen LogP) is 1.97. The van der Waals surface area contributed by atoms with Gasteiger partial charge in [-0.15, -0.1) is 0 Å². The third-order valence-corrected chi connectivity index (χ3v) is 2.81. The molecular weight excluding hydrogens is 294 g/mol. The quantitative estimate of drug-likeness (QED) is 0.651. The first-order chi connectivity index (χ1) is 10.1. The molecule has 2 N–H and O–H groups in total. The number of anilines is 1. The van der Waals surface area contributed by atoms with Crippen molar-refractivity contribution < 1.29 is 4.74 Å². The Morgan fingerprint density at radius 2 is 2.33 bits per heavy atom. The second-order valence-electron chi connectivity index (χ2n) is 4.07. The molecule has 0 bridgehead atoms. The molecule has 0 saturated heterocycles. The maximum atomic E-state index is 11.1. The Balaban J connectivity index is 2.09. The van der Waals surface area contributed by atoms with Crippen LogP contribution in [0, 0.1) is 6.92 Å². The number of H-pyrrole nitrogens is 1. The SMILES string of the molecule is CCOc1ccc(/C=N/Nc2nc(=O)[nH]nc2C)cc1Cl. The van der Waals surface area contributed by atoms with E-state index in [-0.39, 0.29) is 0 Å². The van der Waals surface area contributed by atoms with Gasteiger partial charge in [0.05, 0.1) is 17.8 Å². The average molecular weight is 308 g/mol. The summed E-state index contributed by atoms with van der Waals surface area (Å²) in [5.74, 6) is 0.924. The van der Waals surface area contributed by atoms with Crippen LogP contribution < -0.4 is 15.9 Å². The molecule has 0 unspecified atom stereocenters. The van der Waals surface area contributed by atoms with E-state index in [2.05, 4.69) is 25.7 Å². The van der Waals surface area contributed by atoms with Crippen molar-refractivity contribution in [3.63, 3.8) is 0 Å². The third-order valence-electron chi connectivity index (χ3n) is 2.52. The maximum Gasteiger partial charge on any atom is 0.363 e. The highest BCUT2D eigenvalue weighted by molar-refractivity contribution is 6.32. The number of ether oxygens (including phenoxy) is 1. The number of halogens is 1. The van der Waals surface area contributed by atoms with Gasteiger partial charge in [-0.05, 0) is 37.6 Å². The first kappa shape index (κ1) is 15.0. The number of hydrazone groups is 1. The van der Waals surface area contributed by atoms with Crippen molar-refractivity contribution in [3.05, 3.63) is 45.0 Å². The van der Waals surface area contributed by atoms with Crippen LogP contribution in [0.15, 0.2) is 28.1 Å². The number of hydrogen-bond donors (Lipinski definition) is 2. The van der Waals surface area contributed by atoms with Crippen molar-refractivity contribution >= 4 is 23.6 Å². The van der Waals surface area contributed by atoms with Gasteiger partial charge in [-0.3, -0.25) is 5.43 Å². The number of aromatic nitrogens is 3. The van der Waals surface area contributed by atoms with Crippen molar-refractivity contribution in [1.29, 1.82) is 0 Å². The Morgan fingerprint density at radius 1 is 1.52 bits per heavy atom. The lowest BCUT2D eigenvalue weighted by Gasteiger charge is -2.05. The molecule has 0 aliphatic carbocycles. The molecule has 110 valence electrons. The van der Waals surface area contributed by atoms with Gasteiger partial charge in [0, 0.05) is 0 Å². The van der Waals surface area contributed by atoms with Gasteiger partial charge in [0.25, 0.3) is 0 Å². The Labute approximate surface area is 126 Å². The van der Waals surface area contributed by atoms with Gasteiger partial charge in [0.15, 0.2) is 5.82 Å². The zero-order valence-electron chi connectivity index (χ0n) is 11.6. The Kier molecular flexibility index (Phi) is 4.89. The summed E-state index contributed by atoms with van der Waals surface area (Å²) < 4.78 is 5.35. The first-order valence-corrected chi connectivity index (χ1v) is 6.62. The van der Waals surface area contributed by atoms with Crippen molar-refractivity contribution in [2.45, 2.75) is 13.8 Å². The number of hydrogen-bond acceptors (Lipinski definition) is 6. The van der Waals surface area contributed by atoms with Gasteiger partial charge < -0.3 is 4.74 Å². The van der Waals surface area contributed by atoms with Crippen LogP contribution in [0.4, 0.5) is 5.82 Å². The van der Waals surface area contributed by atoms with Crippen molar-refractivity contribution in [2.75, 3.05) is 12.0 Å². The summed E-state index contributed by atoms with van der Waals surface area (Å²) in [7, 11) is 0. The highest BCUT2D eigenvalue weighted by Gasteiger charge is 2.02. The van der Waals surface area contributed by atoms with E-state index in [0.717, 1.165) is 5.56 Å². The molecule has 1 heterocycles. The highest BCUT2D eigenvalue weighted by atomic mass is 35.5. The molecule has 0 aliphatic heterocycles. The van der Waals surface area contributed by atoms with Crippen LogP contribution in [0.2, 0.25) is 5.02 Å². The summed E-state index contributed by atoms with van der Waals surface area (Å²) in [4.78, 5) is 14.8. The van der Waals surface area contributed by atoms with Gasteiger partial charge in [-0.1, -0.05) is 11.6 Å². The monoisotopic (exact) mass is 307 g/mol. The largest absolute Gasteiger partial charge is 0.492 e. The van der Waals surface area contributed by atoms with E-state index in [1.807, 2.05) is 13.0 Å². The molecule has 7 nitrogen and oxygen atoms in total. The van der Waals surface area contributed by atoms with Crippen LogP contribution in [-0.2, 0) is 0 Å². The van der Waals surface area contributed by atoms with Gasteiger partial charge in [-0.2, -0.15) is 15.2 Å². The second-order valence-corrected chi connectivity index (χ2v) is 4.47. The zero-order valence-corrected chi connectivity index (χ0v) is 12.3. The number of benzene rings is 1. The van der Waals surface area contributed by atoms with Crippen LogP contribution in [-0.4, -0.2) is 28.0 Å². The first-order valence-electron chi connectivity index (χ1n) is 6.25. The summed E-state index contributed by atoms with van der Waals surface area (Å²) in [6, 6.07) is 5.32. The minimum absolute atomic E-state index is 0.298. The van der Waals surface area contributed by atoms with E-state index in [4.69, 9.17) is 16.3 Å². The maximum absolute atomic E-state index is 11.1. The standard InChI is InChI=1S/C13H14ClN5O2/c1-3-21-11-5-4-9(6-10(11)14)7-15-18-12-8(2)17-19-13(20)16-12/h4-7H,3H2,1-2H3,(H2,16,18,19,20)/b15-7+. The fraction of sp³-hybridized carbons (Fsp3) is 0.231. The van der Waals surface area contributed by atoms with Crippen LogP contribution in [0.25, 0.3) is 0 Å².